The van der Waals surface area contributed by atoms with E-state index in [2.05, 4.69) is 114 Å². The van der Waals surface area contributed by atoms with E-state index in [1.807, 2.05) is 72.9 Å². The molecule has 0 aliphatic heterocycles. The van der Waals surface area contributed by atoms with Crippen LogP contribution >= 0.6 is 44.7 Å². The molecular weight excluding hydrogens is 1400 g/mol. The van der Waals surface area contributed by atoms with Gasteiger partial charge in [0.15, 0.2) is 5.69 Å². The van der Waals surface area contributed by atoms with E-state index in [1.54, 1.807) is 147 Å². The van der Waals surface area contributed by atoms with Gasteiger partial charge in [-0.2, -0.15) is 10.5 Å². The van der Waals surface area contributed by atoms with Crippen LogP contribution in [0, 0.1) is 29.2 Å². The summed E-state index contributed by atoms with van der Waals surface area (Å²) in [6, 6.07) is 55.8. The Morgan fingerprint density at radius 1 is 0.505 bits per heavy atom. The van der Waals surface area contributed by atoms with Crippen molar-refractivity contribution in [3.63, 3.8) is 0 Å². The minimum absolute atomic E-state index is 0. The first kappa shape index (κ1) is 78.6. The van der Waals surface area contributed by atoms with Crippen LogP contribution < -0.4 is 24.3 Å². The number of rotatable bonds is 7. The van der Waals surface area contributed by atoms with Crippen molar-refractivity contribution in [2.75, 3.05) is 21.3 Å². The molecule has 26 heteroatoms. The van der Waals surface area contributed by atoms with Crippen molar-refractivity contribution in [3.8, 4) is 34.4 Å². The second kappa shape index (κ2) is 39.8. The number of aromatic carboxylic acids is 1. The van der Waals surface area contributed by atoms with Gasteiger partial charge in [0.2, 0.25) is 0 Å². The molecule has 8 aromatic carbocycles. The van der Waals surface area contributed by atoms with Gasteiger partial charge < -0.3 is 34.8 Å². The molecular formula is C73H53B2Br2LiN9O11S. The molecule has 13 aromatic rings. The summed E-state index contributed by atoms with van der Waals surface area (Å²) in [5, 5.41) is 54.1. The number of carboxylic acid groups (broad SMARTS) is 1. The number of thiol groups is 1. The first-order valence-electron chi connectivity index (χ1n) is 28.5. The topological polar surface area (TPSA) is 315 Å². The molecule has 5 heterocycles. The van der Waals surface area contributed by atoms with E-state index in [4.69, 9.17) is 37.0 Å². The Labute approximate surface area is 604 Å². The maximum atomic E-state index is 11.7. The standard InChI is InChI=1S/C18H12N2O2.C17H10N2O2.C11H8BrNO2.C11H9NO2.C9H6BrN.C7H6BNO2.BHNS.Li.H2O/c1-22-18(21)14-6-7-15-10-20-11-17(16(15)8-14)13-4-2-12(9-19)3-5-13;18-8-11-1-3-12(4-2-11)16-10-19-9-14-6-5-13(17(20)21)7-15(14)16;1-15-11(14)7-2-3-8-5-13-6-10(12)9(8)4-7;1-14-11(13)9-2-3-10-7-12-5-4-8(10)6-9;10-9-2-1-8-6-11-4-3-7(8)5-9;1-9-7-4-2-6(3-5-7)8(10)11;1-2-3;;/h2-8,10-11H,1H3;1-7,9-10H,(H,20,21);2-6H,1H3;2-7H,1H3;1-6H;2-5,10-11H;3H;;1H2/q;;;;;;;+1;/p-1. The molecule has 0 saturated heterocycles. The summed E-state index contributed by atoms with van der Waals surface area (Å²) in [4.78, 5) is 69.0. The molecule has 0 aliphatic carbocycles. The second-order valence-corrected chi connectivity index (χ2v) is 22.0. The summed E-state index contributed by atoms with van der Waals surface area (Å²) in [6.07, 6.45) is 17.5. The predicted molar refractivity (Wildman–Crippen MR) is 387 cm³/mol. The molecule has 4 N–H and O–H groups in total. The molecule has 0 unspecified atom stereocenters. The predicted octanol–water partition coefficient (Wildman–Crippen LogP) is 11.8. The van der Waals surface area contributed by atoms with Crippen molar-refractivity contribution in [2.45, 2.75) is 0 Å². The summed E-state index contributed by atoms with van der Waals surface area (Å²) in [5.74, 6) is -1.98. The van der Waals surface area contributed by atoms with Crippen LogP contribution in [-0.2, 0) is 14.2 Å². The summed E-state index contributed by atoms with van der Waals surface area (Å²) in [7, 11) is 6.99. The van der Waals surface area contributed by atoms with Crippen LogP contribution in [0.4, 0.5) is 5.69 Å². The Bertz CT molecular complexity index is 5110. The fraction of sp³-hybridized carbons (Fsp3) is 0.0411. The molecule has 0 spiro atoms. The quantitative estimate of drug-likeness (QED) is 0.0379. The van der Waals surface area contributed by atoms with Gasteiger partial charge >= 0.3 is 74.6 Å². The molecule has 0 fully saturated rings. The largest absolute Gasteiger partial charge is 1.00 e. The molecule has 1 radical (unpaired) electrons. The van der Waals surface area contributed by atoms with Crippen molar-refractivity contribution in [1.82, 2.24) is 24.9 Å². The number of benzene rings is 8. The fourth-order valence-corrected chi connectivity index (χ4v) is 9.93. The molecule has 483 valence electrons. The maximum Gasteiger partial charge on any atom is 1.00 e. The molecule has 5 aromatic heterocycles. The van der Waals surface area contributed by atoms with Gasteiger partial charge in [-0.25, -0.2) is 24.0 Å². The number of halogens is 2. The number of esters is 3. The number of hydrogen-bond acceptors (Lipinski definition) is 19. The van der Waals surface area contributed by atoms with Gasteiger partial charge in [-0.05, 0) is 157 Å². The molecule has 20 nitrogen and oxygen atoms in total. The number of carbonyl (C=O) groups excluding carboxylic acids is 3. The van der Waals surface area contributed by atoms with Gasteiger partial charge in [0.1, 0.15) is 0 Å². The van der Waals surface area contributed by atoms with Crippen LogP contribution in [-0.4, -0.2) is 106 Å². The van der Waals surface area contributed by atoms with Crippen molar-refractivity contribution < 1.29 is 72.9 Å². The van der Waals surface area contributed by atoms with Crippen molar-refractivity contribution >= 4 is 148 Å². The van der Waals surface area contributed by atoms with E-state index in [0.29, 0.717) is 39.0 Å². The number of aromatic nitrogens is 5. The number of nitriles is 2. The van der Waals surface area contributed by atoms with Crippen molar-refractivity contribution in [3.05, 3.63) is 292 Å². The minimum atomic E-state index is -1.45. The average molecular weight is 1450 g/mol. The molecule has 0 saturated carbocycles. The molecule has 0 atom stereocenters. The van der Waals surface area contributed by atoms with Gasteiger partial charge in [0.25, 0.3) is 0 Å². The Balaban J connectivity index is 0.000000216. The van der Waals surface area contributed by atoms with E-state index in [-0.39, 0.29) is 47.8 Å². The monoisotopic (exact) mass is 1450 g/mol. The van der Waals surface area contributed by atoms with E-state index >= 15 is 0 Å². The molecule has 13 rings (SSSR count). The molecule has 0 bridgehead atoms. The Hall–Kier alpha value is -11.1. The Morgan fingerprint density at radius 2 is 0.879 bits per heavy atom. The van der Waals surface area contributed by atoms with Gasteiger partial charge in [-0.1, -0.05) is 94.8 Å². The third-order valence-corrected chi connectivity index (χ3v) is 15.1. The number of ether oxygens (including phenoxy) is 3. The summed E-state index contributed by atoms with van der Waals surface area (Å²) >= 11 is 9.99. The number of hydrogen-bond donors (Lipinski definition) is 4. The fourth-order valence-electron chi connectivity index (χ4n) is 9.09. The molecule has 99 heavy (non-hydrogen) atoms. The summed E-state index contributed by atoms with van der Waals surface area (Å²) < 4.78 is 18.7. The molecule has 0 amide bonds. The maximum absolute atomic E-state index is 11.7. The number of carbonyl (C=O) groups is 4. The zero-order chi connectivity index (χ0) is 69.8. The van der Waals surface area contributed by atoms with Crippen LogP contribution in [0.2, 0.25) is 0 Å². The van der Waals surface area contributed by atoms with Gasteiger partial charge in [-0.3, -0.25) is 24.9 Å². The first-order valence-corrected chi connectivity index (χ1v) is 30.4. The SMILES string of the molecule is Brc1ccc2cnccc2c1.COC(=O)c1ccc2cncc(-c3ccc(C#N)cc3)c2c1.COC(=O)c1ccc2cncc(Br)c2c1.COC(=O)c1ccc2cnccc2c1.N#Cc1ccc(-c2cncc3ccc(C(=O)O)cc23)cc1.[B]=NS.[C-]#[N+]c1ccc(B(O)O)cc1.[Li+].[OH-]. The van der Waals surface area contributed by atoms with Gasteiger partial charge in [-0.15, -0.1) is 0 Å². The normalized spacial score (nSPS) is 9.66. The third kappa shape index (κ3) is 22.2. The van der Waals surface area contributed by atoms with Crippen LogP contribution in [0.3, 0.4) is 0 Å². The molecule has 0 aliphatic rings. The van der Waals surface area contributed by atoms with E-state index in [9.17, 15) is 19.2 Å². The zero-order valence-electron chi connectivity index (χ0n) is 53.0. The van der Waals surface area contributed by atoms with Crippen molar-refractivity contribution in [1.29, 1.82) is 10.5 Å². The smallest absolute Gasteiger partial charge is 0.870 e. The zero-order valence-corrected chi connectivity index (χ0v) is 57.1. The average Bonchev–Trinajstić information content (AvgIpc) is 0.801. The first-order chi connectivity index (χ1) is 46.9. The van der Waals surface area contributed by atoms with Crippen LogP contribution in [0.5, 0.6) is 0 Å². The number of nitrogens with zero attached hydrogens (tertiary/aromatic N) is 9. The number of pyridine rings is 5. The number of fused-ring (bicyclic) bond motifs is 5. The number of carboxylic acids is 1. The Kier molecular flexibility index (Phi) is 31.6. The van der Waals surface area contributed by atoms with Gasteiger partial charge in [0, 0.05) is 109 Å². The Morgan fingerprint density at radius 3 is 1.30 bits per heavy atom. The van der Waals surface area contributed by atoms with Gasteiger partial charge in [0.05, 0.1) is 73.4 Å². The third-order valence-electron chi connectivity index (χ3n) is 14.0. The summed E-state index contributed by atoms with van der Waals surface area (Å²) in [5.41, 5.74) is 7.52. The minimum Gasteiger partial charge on any atom is -0.870 e. The second-order valence-electron chi connectivity index (χ2n) is 20.0. The number of methoxy groups -OCH3 is 3. The van der Waals surface area contributed by atoms with E-state index < -0.39 is 13.1 Å². The van der Waals surface area contributed by atoms with Crippen molar-refractivity contribution in [2.24, 2.45) is 4.30 Å². The van der Waals surface area contributed by atoms with E-state index in [0.717, 1.165) is 74.3 Å². The van der Waals surface area contributed by atoms with Crippen LogP contribution in [0.1, 0.15) is 52.6 Å². The summed E-state index contributed by atoms with van der Waals surface area (Å²) in [6.45, 7) is 6.62. The van der Waals surface area contributed by atoms with Crippen LogP contribution in [0.15, 0.2) is 251 Å². The van der Waals surface area contributed by atoms with Crippen LogP contribution in [0.25, 0.3) is 81.0 Å². The van der Waals surface area contributed by atoms with E-state index in [1.165, 1.54) is 44.2 Å².